The van der Waals surface area contributed by atoms with Gasteiger partial charge in [-0.1, -0.05) is 67.8 Å². The van der Waals surface area contributed by atoms with Gasteiger partial charge in [-0.05, 0) is 74.6 Å². The number of rotatable bonds is 12. The first-order valence-corrected chi connectivity index (χ1v) is 17.5. The van der Waals surface area contributed by atoms with E-state index in [9.17, 15) is 23.1 Å². The van der Waals surface area contributed by atoms with E-state index in [1.54, 1.807) is 32.9 Å². The van der Waals surface area contributed by atoms with Gasteiger partial charge in [-0.3, -0.25) is 4.79 Å². The lowest BCUT2D eigenvalue weighted by molar-refractivity contribution is 0.0117. The predicted molar refractivity (Wildman–Crippen MR) is 179 cm³/mol. The number of anilines is 1. The molecule has 1 atom stereocenters. The van der Waals surface area contributed by atoms with Gasteiger partial charge in [0.05, 0.1) is 31.0 Å². The lowest BCUT2D eigenvalue weighted by Gasteiger charge is -2.29. The first kappa shape index (κ1) is 34.8. The summed E-state index contributed by atoms with van der Waals surface area (Å²) in [5, 5.41) is 14.2. The maximum atomic E-state index is 12.9. The van der Waals surface area contributed by atoms with E-state index in [1.165, 1.54) is 11.3 Å². The maximum Gasteiger partial charge on any atom is 0.410 e. The zero-order valence-corrected chi connectivity index (χ0v) is 27.8. The largest absolute Gasteiger partial charge is 0.492 e. The third-order valence-electron chi connectivity index (χ3n) is 7.55. The standard InChI is InChI=1S/C35H45N3O7S/c1-35(2,3)45-34(41)38(24-32(39)26-11-7-5-8-12-26)21-22-44-29-18-15-25(16-19-29)27-17-20-30(33(40)37-46(4,42)43)31(23-27)36-28-13-9-6-10-14-28/h5,7-8,11-12,15-20,23,28,32,36,39H,6,9-10,13-14,21-22,24H2,1-4H3,(H,37,40)/t32-/m0/s1. The molecule has 3 aromatic rings. The summed E-state index contributed by atoms with van der Waals surface area (Å²) in [6.07, 6.45) is 4.91. The topological polar surface area (TPSA) is 134 Å². The molecule has 3 aromatic carbocycles. The lowest BCUT2D eigenvalue weighted by atomic mass is 9.94. The molecule has 4 rings (SSSR count). The van der Waals surface area contributed by atoms with Gasteiger partial charge in [0.25, 0.3) is 5.91 Å². The molecule has 10 nitrogen and oxygen atoms in total. The smallest absolute Gasteiger partial charge is 0.410 e. The van der Waals surface area contributed by atoms with Crippen LogP contribution in [0, 0.1) is 0 Å². The average Bonchev–Trinajstić information content (AvgIpc) is 3.00. The van der Waals surface area contributed by atoms with E-state index >= 15 is 0 Å². The van der Waals surface area contributed by atoms with Crippen LogP contribution in [0.3, 0.4) is 0 Å². The van der Waals surface area contributed by atoms with E-state index in [0.717, 1.165) is 43.1 Å². The van der Waals surface area contributed by atoms with Gasteiger partial charge in [0, 0.05) is 11.7 Å². The molecule has 2 amide bonds. The monoisotopic (exact) mass is 651 g/mol. The fraction of sp³-hybridized carbons (Fsp3) is 0.429. The first-order valence-electron chi connectivity index (χ1n) is 15.6. The van der Waals surface area contributed by atoms with Crippen molar-refractivity contribution in [1.82, 2.24) is 9.62 Å². The number of nitrogens with zero attached hydrogens (tertiary/aromatic N) is 1. The molecule has 3 N–H and O–H groups in total. The number of aliphatic hydroxyl groups excluding tert-OH is 1. The van der Waals surface area contributed by atoms with Crippen molar-refractivity contribution in [2.45, 2.75) is 70.6 Å². The van der Waals surface area contributed by atoms with E-state index in [4.69, 9.17) is 9.47 Å². The summed E-state index contributed by atoms with van der Waals surface area (Å²) >= 11 is 0. The van der Waals surface area contributed by atoms with Crippen LogP contribution in [0.1, 0.15) is 74.9 Å². The normalized spacial score (nSPS) is 14.6. The number of amides is 2. The Bertz CT molecular complexity index is 1570. The van der Waals surface area contributed by atoms with E-state index in [1.807, 2.05) is 60.7 Å². The van der Waals surface area contributed by atoms with Crippen LogP contribution in [0.5, 0.6) is 5.75 Å². The maximum absolute atomic E-state index is 12.9. The van der Waals surface area contributed by atoms with Crippen molar-refractivity contribution >= 4 is 27.7 Å². The van der Waals surface area contributed by atoms with Crippen LogP contribution >= 0.6 is 0 Å². The Balaban J connectivity index is 1.44. The van der Waals surface area contributed by atoms with Crippen molar-refractivity contribution in [2.75, 3.05) is 31.3 Å². The zero-order chi connectivity index (χ0) is 33.3. The Morgan fingerprint density at radius 1 is 0.957 bits per heavy atom. The van der Waals surface area contributed by atoms with E-state index in [-0.39, 0.29) is 31.3 Å². The number of nitrogens with one attached hydrogen (secondary N) is 2. The Labute approximate surface area is 272 Å². The number of carbonyl (C=O) groups excluding carboxylic acids is 2. The highest BCUT2D eigenvalue weighted by Gasteiger charge is 2.25. The summed E-state index contributed by atoms with van der Waals surface area (Å²) < 4.78 is 37.1. The average molecular weight is 652 g/mol. The molecule has 1 fully saturated rings. The second-order valence-electron chi connectivity index (χ2n) is 12.7. The highest BCUT2D eigenvalue weighted by atomic mass is 32.2. The highest BCUT2D eigenvalue weighted by Crippen LogP contribution is 2.30. The van der Waals surface area contributed by atoms with Gasteiger partial charge < -0.3 is 24.8 Å². The Morgan fingerprint density at radius 3 is 2.24 bits per heavy atom. The van der Waals surface area contributed by atoms with Crippen LogP contribution < -0.4 is 14.8 Å². The second-order valence-corrected chi connectivity index (χ2v) is 14.4. The third kappa shape index (κ3) is 10.8. The Kier molecular flexibility index (Phi) is 11.7. The molecule has 0 aromatic heterocycles. The summed E-state index contributed by atoms with van der Waals surface area (Å²) in [6, 6.07) is 22.1. The van der Waals surface area contributed by atoms with Crippen molar-refractivity contribution in [1.29, 1.82) is 0 Å². The van der Waals surface area contributed by atoms with Crippen molar-refractivity contribution in [3.63, 3.8) is 0 Å². The van der Waals surface area contributed by atoms with Crippen molar-refractivity contribution < 1.29 is 32.6 Å². The SMILES string of the molecule is CC(C)(C)OC(=O)N(CCOc1ccc(-c2ccc(C(=O)NS(C)(=O)=O)c(NC3CCCCC3)c2)cc1)C[C@H](O)c1ccccc1. The fourth-order valence-electron chi connectivity index (χ4n) is 5.32. The van der Waals surface area contributed by atoms with Crippen molar-refractivity contribution in [3.05, 3.63) is 83.9 Å². The minimum Gasteiger partial charge on any atom is -0.492 e. The summed E-state index contributed by atoms with van der Waals surface area (Å²) in [4.78, 5) is 27.2. The number of carbonyl (C=O) groups is 2. The number of benzene rings is 3. The molecule has 1 saturated carbocycles. The molecular formula is C35H45N3O7S. The zero-order valence-electron chi connectivity index (χ0n) is 27.0. The van der Waals surface area contributed by atoms with Crippen LogP contribution in [-0.2, 0) is 14.8 Å². The number of sulfonamides is 1. The third-order valence-corrected chi connectivity index (χ3v) is 8.11. The van der Waals surface area contributed by atoms with Crippen LogP contribution in [-0.4, -0.2) is 68.0 Å². The van der Waals surface area contributed by atoms with Gasteiger partial charge in [-0.25, -0.2) is 17.9 Å². The minimum absolute atomic E-state index is 0.0522. The van der Waals surface area contributed by atoms with Gasteiger partial charge in [-0.15, -0.1) is 0 Å². The molecule has 1 aliphatic rings. The number of ether oxygens (including phenoxy) is 2. The van der Waals surface area contributed by atoms with E-state index < -0.39 is 33.7 Å². The summed E-state index contributed by atoms with van der Waals surface area (Å²) in [6.45, 7) is 5.81. The summed E-state index contributed by atoms with van der Waals surface area (Å²) in [5.41, 5.74) is 2.61. The molecule has 0 bridgehead atoms. The molecular weight excluding hydrogens is 606 g/mol. The Morgan fingerprint density at radius 2 is 1.61 bits per heavy atom. The first-order chi connectivity index (χ1) is 21.8. The molecule has 0 spiro atoms. The molecule has 1 aliphatic carbocycles. The van der Waals surface area contributed by atoms with Gasteiger partial charge in [0.1, 0.15) is 18.0 Å². The quantitative estimate of drug-likeness (QED) is 0.213. The fourth-order valence-corrected chi connectivity index (χ4v) is 5.77. The van der Waals surface area contributed by atoms with Gasteiger partial charge in [0.15, 0.2) is 0 Å². The molecule has 0 unspecified atom stereocenters. The molecule has 11 heteroatoms. The van der Waals surface area contributed by atoms with Crippen LogP contribution in [0.4, 0.5) is 10.5 Å². The number of hydrogen-bond donors (Lipinski definition) is 3. The van der Waals surface area contributed by atoms with Crippen molar-refractivity contribution in [3.8, 4) is 16.9 Å². The van der Waals surface area contributed by atoms with Crippen LogP contribution in [0.2, 0.25) is 0 Å². The number of hydrogen-bond acceptors (Lipinski definition) is 8. The molecule has 0 heterocycles. The Hall–Kier alpha value is -4.09. The summed E-state index contributed by atoms with van der Waals surface area (Å²) in [7, 11) is -3.72. The van der Waals surface area contributed by atoms with E-state index in [0.29, 0.717) is 17.0 Å². The molecule has 0 aliphatic heterocycles. The van der Waals surface area contributed by atoms with Crippen LogP contribution in [0.15, 0.2) is 72.8 Å². The summed E-state index contributed by atoms with van der Waals surface area (Å²) in [5.74, 6) is -0.0750. The minimum atomic E-state index is -3.72. The van der Waals surface area contributed by atoms with Crippen molar-refractivity contribution in [2.24, 2.45) is 0 Å². The van der Waals surface area contributed by atoms with Crippen LogP contribution in [0.25, 0.3) is 11.1 Å². The van der Waals surface area contributed by atoms with Gasteiger partial charge >= 0.3 is 6.09 Å². The molecule has 248 valence electrons. The van der Waals surface area contributed by atoms with E-state index in [2.05, 4.69) is 10.0 Å². The lowest BCUT2D eigenvalue weighted by Crippen LogP contribution is -2.41. The molecule has 0 radical (unpaired) electrons. The highest BCUT2D eigenvalue weighted by molar-refractivity contribution is 7.89. The predicted octanol–water partition coefficient (Wildman–Crippen LogP) is 6.14. The molecule has 0 saturated heterocycles. The van der Waals surface area contributed by atoms with Gasteiger partial charge in [0.2, 0.25) is 10.0 Å². The van der Waals surface area contributed by atoms with Gasteiger partial charge in [-0.2, -0.15) is 0 Å². The molecule has 46 heavy (non-hydrogen) atoms. The second kappa shape index (κ2) is 15.5. The number of aliphatic hydroxyl groups is 1.